The molecular weight excluding hydrogens is 368 g/mol. The van der Waals surface area contributed by atoms with Gasteiger partial charge in [0, 0.05) is 16.6 Å². The molecule has 5 heteroatoms. The van der Waals surface area contributed by atoms with Gasteiger partial charge in [-0.05, 0) is 69.9 Å². The third-order valence-corrected chi connectivity index (χ3v) is 5.71. The molecule has 2 heterocycles. The van der Waals surface area contributed by atoms with E-state index in [1.54, 1.807) is 6.07 Å². The first kappa shape index (κ1) is 20.0. The number of aromatic nitrogens is 1. The fourth-order valence-electron chi connectivity index (χ4n) is 3.50. The number of fused-ring (bicyclic) bond motifs is 1. The minimum atomic E-state index is -0.591. The van der Waals surface area contributed by atoms with Gasteiger partial charge in [0.15, 0.2) is 0 Å². The van der Waals surface area contributed by atoms with Gasteiger partial charge in [0.1, 0.15) is 15.3 Å². The SMILES string of the molecule is CCc1c(C)nc2sc(C(=O)OC(C)(C)C)c(-c3cccc(C#N)c3)c2c1C. The van der Waals surface area contributed by atoms with Crippen LogP contribution in [-0.2, 0) is 11.2 Å². The highest BCUT2D eigenvalue weighted by atomic mass is 32.1. The molecule has 1 aromatic carbocycles. The number of thiophene rings is 1. The van der Waals surface area contributed by atoms with E-state index >= 15 is 0 Å². The number of pyridine rings is 1. The molecule has 0 fully saturated rings. The highest BCUT2D eigenvalue weighted by molar-refractivity contribution is 7.21. The summed E-state index contributed by atoms with van der Waals surface area (Å²) in [5, 5.41) is 10.3. The maximum Gasteiger partial charge on any atom is 0.349 e. The highest BCUT2D eigenvalue weighted by Gasteiger charge is 2.27. The van der Waals surface area contributed by atoms with E-state index in [1.165, 1.54) is 16.9 Å². The van der Waals surface area contributed by atoms with Crippen LogP contribution in [0.4, 0.5) is 0 Å². The molecule has 0 aliphatic heterocycles. The Morgan fingerprint density at radius 3 is 2.61 bits per heavy atom. The topological polar surface area (TPSA) is 63.0 Å². The third kappa shape index (κ3) is 3.65. The third-order valence-electron chi connectivity index (χ3n) is 4.64. The first-order chi connectivity index (χ1) is 13.2. The fraction of sp³-hybridized carbons (Fsp3) is 0.348. The zero-order valence-corrected chi connectivity index (χ0v) is 18.0. The Morgan fingerprint density at radius 1 is 1.29 bits per heavy atom. The zero-order valence-electron chi connectivity index (χ0n) is 17.1. The van der Waals surface area contributed by atoms with Crippen molar-refractivity contribution in [3.8, 4) is 17.2 Å². The van der Waals surface area contributed by atoms with Crippen molar-refractivity contribution in [2.45, 2.75) is 53.6 Å². The molecule has 0 unspecified atom stereocenters. The van der Waals surface area contributed by atoms with Crippen LogP contribution < -0.4 is 0 Å². The molecule has 0 spiro atoms. The van der Waals surface area contributed by atoms with Crippen LogP contribution in [0, 0.1) is 25.2 Å². The van der Waals surface area contributed by atoms with Crippen LogP contribution in [0.2, 0.25) is 0 Å². The lowest BCUT2D eigenvalue weighted by Gasteiger charge is -2.19. The number of hydrogen-bond donors (Lipinski definition) is 0. The average molecular weight is 393 g/mol. The summed E-state index contributed by atoms with van der Waals surface area (Å²) in [7, 11) is 0. The van der Waals surface area contributed by atoms with Crippen molar-refractivity contribution in [3.05, 3.63) is 51.5 Å². The van der Waals surface area contributed by atoms with Crippen LogP contribution in [0.15, 0.2) is 24.3 Å². The number of aryl methyl sites for hydroxylation is 2. The van der Waals surface area contributed by atoms with Gasteiger partial charge in [-0.15, -0.1) is 11.3 Å². The fourth-order valence-corrected chi connectivity index (χ4v) is 4.68. The summed E-state index contributed by atoms with van der Waals surface area (Å²) in [6.07, 6.45) is 0.871. The molecule has 0 aliphatic carbocycles. The van der Waals surface area contributed by atoms with Gasteiger partial charge < -0.3 is 4.74 Å². The lowest BCUT2D eigenvalue weighted by atomic mass is 9.95. The Morgan fingerprint density at radius 2 is 2.00 bits per heavy atom. The van der Waals surface area contributed by atoms with E-state index in [9.17, 15) is 10.1 Å². The van der Waals surface area contributed by atoms with Crippen LogP contribution in [0.1, 0.15) is 59.8 Å². The molecule has 0 amide bonds. The Kier molecular flexibility index (Phi) is 5.27. The van der Waals surface area contributed by atoms with E-state index < -0.39 is 5.60 Å². The molecule has 0 saturated carbocycles. The Labute approximate surface area is 169 Å². The first-order valence-corrected chi connectivity index (χ1v) is 10.1. The first-order valence-electron chi connectivity index (χ1n) is 9.32. The van der Waals surface area contributed by atoms with Crippen LogP contribution in [0.5, 0.6) is 0 Å². The molecular formula is C23H24N2O2S. The van der Waals surface area contributed by atoms with Gasteiger partial charge in [-0.3, -0.25) is 0 Å². The van der Waals surface area contributed by atoms with Crippen LogP contribution >= 0.6 is 11.3 Å². The second-order valence-corrected chi connectivity index (χ2v) is 8.83. The second kappa shape index (κ2) is 7.37. The largest absolute Gasteiger partial charge is 0.456 e. The van der Waals surface area contributed by atoms with Gasteiger partial charge >= 0.3 is 5.97 Å². The summed E-state index contributed by atoms with van der Waals surface area (Å²) in [6.45, 7) is 11.8. The Hall–Kier alpha value is -2.71. The quantitative estimate of drug-likeness (QED) is 0.515. The van der Waals surface area contributed by atoms with Gasteiger partial charge in [0.05, 0.1) is 11.6 Å². The molecule has 0 aliphatic rings. The monoisotopic (exact) mass is 392 g/mol. The van der Waals surface area contributed by atoms with E-state index in [-0.39, 0.29) is 5.97 Å². The highest BCUT2D eigenvalue weighted by Crippen LogP contribution is 2.42. The number of carbonyl (C=O) groups is 1. The molecule has 3 rings (SSSR count). The summed E-state index contributed by atoms with van der Waals surface area (Å²) >= 11 is 1.36. The van der Waals surface area contributed by atoms with Crippen LogP contribution in [0.25, 0.3) is 21.3 Å². The van der Waals surface area contributed by atoms with Crippen molar-refractivity contribution >= 4 is 27.5 Å². The number of ether oxygens (including phenoxy) is 1. The molecule has 0 radical (unpaired) electrons. The minimum Gasteiger partial charge on any atom is -0.456 e. The van der Waals surface area contributed by atoms with Gasteiger partial charge in [0.2, 0.25) is 0 Å². The van der Waals surface area contributed by atoms with E-state index in [0.29, 0.717) is 10.4 Å². The van der Waals surface area contributed by atoms with Crippen LogP contribution in [0.3, 0.4) is 0 Å². The van der Waals surface area contributed by atoms with E-state index in [2.05, 4.69) is 19.9 Å². The standard InChI is InChI=1S/C23H24N2O2S/c1-7-17-13(2)18-19(16-10-8-9-15(11-16)12-24)20(22(26)27-23(4,5)6)28-21(18)25-14(17)3/h8-11H,7H2,1-6H3. The van der Waals surface area contributed by atoms with E-state index in [1.807, 2.05) is 45.9 Å². The summed E-state index contributed by atoms with van der Waals surface area (Å²) in [5.74, 6) is -0.358. The number of rotatable bonds is 3. The van der Waals surface area contributed by atoms with Gasteiger partial charge in [-0.2, -0.15) is 5.26 Å². The number of nitrogens with zero attached hydrogens (tertiary/aromatic N) is 2. The number of nitriles is 1. The van der Waals surface area contributed by atoms with Gasteiger partial charge in [0.25, 0.3) is 0 Å². The van der Waals surface area contributed by atoms with Crippen LogP contribution in [-0.4, -0.2) is 16.6 Å². The molecule has 28 heavy (non-hydrogen) atoms. The van der Waals surface area contributed by atoms with Crippen molar-refractivity contribution in [2.75, 3.05) is 0 Å². The van der Waals surface area contributed by atoms with Crippen molar-refractivity contribution in [1.82, 2.24) is 4.98 Å². The van der Waals surface area contributed by atoms with Crippen molar-refractivity contribution in [1.29, 1.82) is 5.26 Å². The van der Waals surface area contributed by atoms with Crippen molar-refractivity contribution in [3.63, 3.8) is 0 Å². The van der Waals surface area contributed by atoms with Gasteiger partial charge in [-0.25, -0.2) is 9.78 Å². The summed E-state index contributed by atoms with van der Waals surface area (Å²) in [4.78, 5) is 19.2. The molecule has 0 atom stereocenters. The molecule has 2 aromatic heterocycles. The molecule has 144 valence electrons. The zero-order chi connectivity index (χ0) is 20.6. The molecule has 4 nitrogen and oxygen atoms in total. The molecule has 0 bridgehead atoms. The van der Waals surface area contributed by atoms with Crippen molar-refractivity contribution < 1.29 is 9.53 Å². The molecule has 0 saturated heterocycles. The molecule has 3 aromatic rings. The maximum atomic E-state index is 13.0. The Balaban J connectivity index is 2.38. The predicted molar refractivity (Wildman–Crippen MR) is 114 cm³/mol. The number of hydrogen-bond acceptors (Lipinski definition) is 5. The summed E-state index contributed by atoms with van der Waals surface area (Å²) < 4.78 is 5.68. The molecule has 0 N–H and O–H groups in total. The average Bonchev–Trinajstić information content (AvgIpc) is 3.00. The van der Waals surface area contributed by atoms with Gasteiger partial charge in [-0.1, -0.05) is 19.1 Å². The second-order valence-electron chi connectivity index (χ2n) is 7.84. The lowest BCUT2D eigenvalue weighted by molar-refractivity contribution is 0.00761. The summed E-state index contributed by atoms with van der Waals surface area (Å²) in [6, 6.07) is 9.54. The van der Waals surface area contributed by atoms with E-state index in [0.717, 1.165) is 39.0 Å². The Bertz CT molecular complexity index is 1110. The van der Waals surface area contributed by atoms with E-state index in [4.69, 9.17) is 9.72 Å². The number of carbonyl (C=O) groups excluding carboxylic acids is 1. The smallest absolute Gasteiger partial charge is 0.349 e. The normalized spacial score (nSPS) is 11.5. The van der Waals surface area contributed by atoms with Crippen molar-refractivity contribution in [2.24, 2.45) is 0 Å². The lowest BCUT2D eigenvalue weighted by Crippen LogP contribution is -2.23. The number of benzene rings is 1. The number of esters is 1. The maximum absolute atomic E-state index is 13.0. The minimum absolute atomic E-state index is 0.358. The predicted octanol–water partition coefficient (Wildman–Crippen LogP) is 5.97. The summed E-state index contributed by atoms with van der Waals surface area (Å²) in [5.41, 5.74) is 4.92.